The van der Waals surface area contributed by atoms with Crippen molar-refractivity contribution in [3.05, 3.63) is 48.4 Å². The summed E-state index contributed by atoms with van der Waals surface area (Å²) in [5.74, 6) is 0.305. The Bertz CT molecular complexity index is 550. The molecule has 2 heterocycles. The summed E-state index contributed by atoms with van der Waals surface area (Å²) in [4.78, 5) is 21.2. The highest BCUT2D eigenvalue weighted by Crippen LogP contribution is 2.30. The molecule has 4 nitrogen and oxygen atoms in total. The van der Waals surface area contributed by atoms with Crippen molar-refractivity contribution in [2.24, 2.45) is 0 Å². The summed E-state index contributed by atoms with van der Waals surface area (Å²) in [6, 6.07) is 10.0. The van der Waals surface area contributed by atoms with Crippen molar-refractivity contribution in [3.8, 4) is 11.3 Å². The van der Waals surface area contributed by atoms with Crippen LogP contribution < -0.4 is 0 Å². The van der Waals surface area contributed by atoms with E-state index in [0.717, 1.165) is 36.5 Å². The summed E-state index contributed by atoms with van der Waals surface area (Å²) in [6.07, 6.45) is 4.31. The molecule has 1 aliphatic heterocycles. The third-order valence-corrected chi connectivity index (χ3v) is 3.22. The molecule has 3 rings (SSSR count). The number of rotatable bonds is 3. The highest BCUT2D eigenvalue weighted by atomic mass is 16.1. The van der Waals surface area contributed by atoms with Gasteiger partial charge < -0.3 is 4.90 Å². The number of benzene rings is 1. The number of carbonyl (C=O) groups excluding carboxylic acids is 1. The number of carbonyl (C=O) groups is 1. The average molecular weight is 239 g/mol. The molecule has 0 N–H and O–H groups in total. The van der Waals surface area contributed by atoms with E-state index < -0.39 is 0 Å². The summed E-state index contributed by atoms with van der Waals surface area (Å²) in [5.41, 5.74) is 2.99. The standard InChI is InChI=1S/C14H13N3O/c18-10-17-8-12(9-17)14-13(15-6-7-16-14)11-4-2-1-3-5-11/h1-7,10,12H,8-9H2. The van der Waals surface area contributed by atoms with Gasteiger partial charge in [0.2, 0.25) is 6.41 Å². The van der Waals surface area contributed by atoms with Gasteiger partial charge in [-0.3, -0.25) is 14.8 Å². The van der Waals surface area contributed by atoms with Crippen molar-refractivity contribution >= 4 is 6.41 Å². The normalized spacial score (nSPS) is 15.2. The number of likely N-dealkylation sites (tertiary alicyclic amines) is 1. The lowest BCUT2D eigenvalue weighted by molar-refractivity contribution is -0.122. The van der Waals surface area contributed by atoms with Crippen molar-refractivity contribution in [1.29, 1.82) is 0 Å². The van der Waals surface area contributed by atoms with E-state index >= 15 is 0 Å². The molecule has 1 amide bonds. The van der Waals surface area contributed by atoms with Crippen LogP contribution in [-0.4, -0.2) is 34.4 Å². The summed E-state index contributed by atoms with van der Waals surface area (Å²) < 4.78 is 0. The molecule has 1 saturated heterocycles. The van der Waals surface area contributed by atoms with Crippen LogP contribution in [0.1, 0.15) is 11.6 Å². The van der Waals surface area contributed by atoms with E-state index in [0.29, 0.717) is 5.92 Å². The zero-order valence-corrected chi connectivity index (χ0v) is 9.86. The average Bonchev–Trinajstić information content (AvgIpc) is 2.39. The molecule has 0 aliphatic carbocycles. The zero-order valence-electron chi connectivity index (χ0n) is 9.86. The number of nitrogens with zero attached hydrogens (tertiary/aromatic N) is 3. The van der Waals surface area contributed by atoms with E-state index in [2.05, 4.69) is 9.97 Å². The second-order valence-electron chi connectivity index (χ2n) is 4.41. The summed E-state index contributed by atoms with van der Waals surface area (Å²) in [5, 5.41) is 0. The molecule has 0 saturated carbocycles. The summed E-state index contributed by atoms with van der Waals surface area (Å²) in [7, 11) is 0. The van der Waals surface area contributed by atoms with Gasteiger partial charge in [0.15, 0.2) is 0 Å². The van der Waals surface area contributed by atoms with Crippen LogP contribution in [0.3, 0.4) is 0 Å². The predicted octanol–water partition coefficient (Wildman–Crippen LogP) is 1.70. The smallest absolute Gasteiger partial charge is 0.209 e. The fourth-order valence-electron chi connectivity index (χ4n) is 2.24. The van der Waals surface area contributed by atoms with Gasteiger partial charge in [-0.25, -0.2) is 0 Å². The Labute approximate surface area is 105 Å². The Morgan fingerprint density at radius 1 is 1.11 bits per heavy atom. The molecule has 0 atom stereocenters. The van der Waals surface area contributed by atoms with Crippen LogP contribution in [0, 0.1) is 0 Å². The van der Waals surface area contributed by atoms with Crippen molar-refractivity contribution in [2.45, 2.75) is 5.92 Å². The van der Waals surface area contributed by atoms with Gasteiger partial charge in [-0.2, -0.15) is 0 Å². The molecular weight excluding hydrogens is 226 g/mol. The highest BCUT2D eigenvalue weighted by molar-refractivity contribution is 5.63. The number of hydrogen-bond acceptors (Lipinski definition) is 3. The molecule has 4 heteroatoms. The molecule has 90 valence electrons. The second-order valence-corrected chi connectivity index (χ2v) is 4.41. The van der Waals surface area contributed by atoms with E-state index in [1.807, 2.05) is 30.3 Å². The van der Waals surface area contributed by atoms with Crippen molar-refractivity contribution in [1.82, 2.24) is 14.9 Å². The third-order valence-electron chi connectivity index (χ3n) is 3.22. The minimum atomic E-state index is 0.305. The van der Waals surface area contributed by atoms with Gasteiger partial charge in [0.25, 0.3) is 0 Å². The minimum absolute atomic E-state index is 0.305. The first-order chi connectivity index (χ1) is 8.88. The van der Waals surface area contributed by atoms with Crippen LogP contribution in [0.2, 0.25) is 0 Å². The van der Waals surface area contributed by atoms with Crippen LogP contribution in [0.4, 0.5) is 0 Å². The molecule has 1 fully saturated rings. The molecule has 0 bridgehead atoms. The zero-order chi connectivity index (χ0) is 12.4. The van der Waals surface area contributed by atoms with Crippen molar-refractivity contribution < 1.29 is 4.79 Å². The Morgan fingerprint density at radius 3 is 2.56 bits per heavy atom. The SMILES string of the molecule is O=CN1CC(c2nccnc2-c2ccccc2)C1. The van der Waals surface area contributed by atoms with Crippen LogP contribution in [0.5, 0.6) is 0 Å². The molecular formula is C14H13N3O. The summed E-state index contributed by atoms with van der Waals surface area (Å²) >= 11 is 0. The molecule has 0 spiro atoms. The Morgan fingerprint density at radius 2 is 1.83 bits per heavy atom. The van der Waals surface area contributed by atoms with E-state index in [1.165, 1.54) is 0 Å². The van der Waals surface area contributed by atoms with E-state index in [4.69, 9.17) is 0 Å². The largest absolute Gasteiger partial charge is 0.344 e. The Hall–Kier alpha value is -2.23. The lowest BCUT2D eigenvalue weighted by Gasteiger charge is -2.36. The maximum absolute atomic E-state index is 10.6. The molecule has 1 aromatic heterocycles. The highest BCUT2D eigenvalue weighted by Gasteiger charge is 2.30. The predicted molar refractivity (Wildman–Crippen MR) is 67.8 cm³/mol. The monoisotopic (exact) mass is 239 g/mol. The molecule has 0 radical (unpaired) electrons. The van der Waals surface area contributed by atoms with Crippen molar-refractivity contribution in [3.63, 3.8) is 0 Å². The van der Waals surface area contributed by atoms with E-state index in [1.54, 1.807) is 17.3 Å². The lowest BCUT2D eigenvalue weighted by atomic mass is 9.93. The molecule has 1 aliphatic rings. The molecule has 18 heavy (non-hydrogen) atoms. The number of aromatic nitrogens is 2. The van der Waals surface area contributed by atoms with Crippen LogP contribution in [-0.2, 0) is 4.79 Å². The van der Waals surface area contributed by atoms with Gasteiger partial charge in [-0.1, -0.05) is 30.3 Å². The lowest BCUT2D eigenvalue weighted by Crippen LogP contribution is -2.44. The van der Waals surface area contributed by atoms with Crippen LogP contribution in [0.25, 0.3) is 11.3 Å². The minimum Gasteiger partial charge on any atom is -0.344 e. The maximum atomic E-state index is 10.6. The van der Waals surface area contributed by atoms with Gasteiger partial charge in [0.05, 0.1) is 11.4 Å². The molecule has 0 unspecified atom stereocenters. The second kappa shape index (κ2) is 4.56. The van der Waals surface area contributed by atoms with Gasteiger partial charge >= 0.3 is 0 Å². The third kappa shape index (κ3) is 1.86. The molecule has 1 aromatic carbocycles. The number of amides is 1. The molecule has 2 aromatic rings. The fourth-order valence-corrected chi connectivity index (χ4v) is 2.24. The number of hydrogen-bond donors (Lipinski definition) is 0. The fraction of sp³-hybridized carbons (Fsp3) is 0.214. The quantitative estimate of drug-likeness (QED) is 0.766. The topological polar surface area (TPSA) is 46.1 Å². The Balaban J connectivity index is 1.94. The van der Waals surface area contributed by atoms with E-state index in [9.17, 15) is 4.79 Å². The maximum Gasteiger partial charge on any atom is 0.209 e. The Kier molecular flexibility index (Phi) is 2.76. The van der Waals surface area contributed by atoms with E-state index in [-0.39, 0.29) is 0 Å². The van der Waals surface area contributed by atoms with Gasteiger partial charge in [0.1, 0.15) is 0 Å². The van der Waals surface area contributed by atoms with Gasteiger partial charge in [-0.05, 0) is 0 Å². The van der Waals surface area contributed by atoms with Crippen molar-refractivity contribution in [2.75, 3.05) is 13.1 Å². The first kappa shape index (κ1) is 10.9. The van der Waals surface area contributed by atoms with Crippen LogP contribution >= 0.6 is 0 Å². The summed E-state index contributed by atoms with van der Waals surface area (Å²) in [6.45, 7) is 1.48. The van der Waals surface area contributed by atoms with Crippen LogP contribution in [0.15, 0.2) is 42.7 Å². The first-order valence-electron chi connectivity index (χ1n) is 5.94. The van der Waals surface area contributed by atoms with Gasteiger partial charge in [0, 0.05) is 37.0 Å². The van der Waals surface area contributed by atoms with Gasteiger partial charge in [-0.15, -0.1) is 0 Å². The first-order valence-corrected chi connectivity index (χ1v) is 5.94.